The third kappa shape index (κ3) is 4.17. The molecule has 4 nitrogen and oxygen atoms in total. The molecular weight excluding hydrogens is 601 g/mol. The van der Waals surface area contributed by atoms with Crippen molar-refractivity contribution in [2.24, 2.45) is 0 Å². The maximum atomic E-state index is 6.46. The second-order valence-electron chi connectivity index (χ2n) is 12.5. The molecule has 2 heterocycles. The lowest BCUT2D eigenvalue weighted by molar-refractivity contribution is 0.359. The molecule has 0 unspecified atom stereocenters. The zero-order chi connectivity index (χ0) is 32.4. The van der Waals surface area contributed by atoms with Gasteiger partial charge in [0, 0.05) is 11.1 Å². The number of hydrogen-bond acceptors (Lipinski definition) is 4. The van der Waals surface area contributed by atoms with E-state index in [0.29, 0.717) is 17.2 Å². The highest BCUT2D eigenvalue weighted by atomic mass is 16.6. The molecule has 230 valence electrons. The van der Waals surface area contributed by atoms with Crippen LogP contribution in [0.25, 0.3) is 44.7 Å². The predicted molar refractivity (Wildman–Crippen MR) is 194 cm³/mol. The van der Waals surface area contributed by atoms with E-state index in [1.54, 1.807) is 0 Å². The van der Waals surface area contributed by atoms with Gasteiger partial charge in [0.05, 0.1) is 27.8 Å². The Labute approximate surface area is 283 Å². The number of rotatable bonds is 4. The molecule has 0 atom stereocenters. The van der Waals surface area contributed by atoms with Crippen LogP contribution in [0, 0.1) is 0 Å². The van der Waals surface area contributed by atoms with Gasteiger partial charge in [-0.05, 0) is 69.8 Å². The van der Waals surface area contributed by atoms with E-state index in [2.05, 4.69) is 97.1 Å². The summed E-state index contributed by atoms with van der Waals surface area (Å²) in [7, 11) is 0. The van der Waals surface area contributed by atoms with Crippen molar-refractivity contribution in [3.63, 3.8) is 0 Å². The minimum Gasteiger partial charge on any atom is -0.450 e. The van der Waals surface area contributed by atoms with E-state index in [9.17, 15) is 0 Å². The maximum absolute atomic E-state index is 6.46. The van der Waals surface area contributed by atoms with Gasteiger partial charge in [-0.2, -0.15) is 0 Å². The van der Waals surface area contributed by atoms with Crippen LogP contribution in [-0.4, -0.2) is 9.97 Å². The molecule has 7 aromatic carbocycles. The van der Waals surface area contributed by atoms with E-state index in [1.807, 2.05) is 72.8 Å². The molecule has 4 heteroatoms. The Hall–Kier alpha value is -6.52. The summed E-state index contributed by atoms with van der Waals surface area (Å²) in [6, 6.07) is 59.0. The lowest BCUT2D eigenvalue weighted by Crippen LogP contribution is -2.28. The van der Waals surface area contributed by atoms with E-state index in [0.717, 1.165) is 50.4 Å². The molecule has 0 amide bonds. The van der Waals surface area contributed by atoms with Gasteiger partial charge < -0.3 is 9.47 Å². The van der Waals surface area contributed by atoms with Crippen molar-refractivity contribution >= 4 is 11.0 Å². The van der Waals surface area contributed by atoms with Gasteiger partial charge in [-0.3, -0.25) is 0 Å². The van der Waals surface area contributed by atoms with Crippen molar-refractivity contribution in [3.8, 4) is 56.6 Å². The van der Waals surface area contributed by atoms with Crippen LogP contribution in [0.4, 0.5) is 0 Å². The van der Waals surface area contributed by atoms with Crippen molar-refractivity contribution in [1.29, 1.82) is 0 Å². The summed E-state index contributed by atoms with van der Waals surface area (Å²) in [6.07, 6.45) is 0. The Bertz CT molecular complexity index is 2510. The highest BCUT2D eigenvalue weighted by Crippen LogP contribution is 2.57. The van der Waals surface area contributed by atoms with Gasteiger partial charge in [-0.15, -0.1) is 0 Å². The average molecular weight is 629 g/mol. The van der Waals surface area contributed by atoms with Crippen LogP contribution in [0.15, 0.2) is 170 Å². The standard InChI is InChI=1S/C45H28N2O2/c1-2-12-29(13-3-1)43-44(47-38-19-9-8-18-37(38)46-43)30-22-24-31(25-23-30)45(35-16-6-4-14-33(35)34-15-5-7-17-36(34)45)32-26-27-41-42(28-32)49-40-21-11-10-20-39(40)48-41/h1-28H. The molecule has 0 N–H and O–H groups in total. The molecule has 0 bridgehead atoms. The summed E-state index contributed by atoms with van der Waals surface area (Å²) in [5.74, 6) is 2.84. The summed E-state index contributed by atoms with van der Waals surface area (Å²) >= 11 is 0. The first kappa shape index (κ1) is 27.6. The van der Waals surface area contributed by atoms with E-state index >= 15 is 0 Å². The second kappa shape index (κ2) is 10.8. The van der Waals surface area contributed by atoms with Crippen LogP contribution in [0.1, 0.15) is 22.3 Å². The summed E-state index contributed by atoms with van der Waals surface area (Å²) in [4.78, 5) is 10.3. The third-order valence-corrected chi connectivity index (χ3v) is 9.83. The first-order chi connectivity index (χ1) is 24.3. The lowest BCUT2D eigenvalue weighted by atomic mass is 9.67. The molecule has 0 saturated heterocycles. The summed E-state index contributed by atoms with van der Waals surface area (Å²) in [5, 5.41) is 0. The molecule has 10 rings (SSSR count). The highest BCUT2D eigenvalue weighted by Gasteiger charge is 2.46. The maximum Gasteiger partial charge on any atom is 0.170 e. The van der Waals surface area contributed by atoms with Crippen LogP contribution in [0.5, 0.6) is 23.0 Å². The molecule has 49 heavy (non-hydrogen) atoms. The number of benzene rings is 7. The van der Waals surface area contributed by atoms with Crippen LogP contribution in [0.2, 0.25) is 0 Å². The van der Waals surface area contributed by atoms with Gasteiger partial charge in [0.25, 0.3) is 0 Å². The highest BCUT2D eigenvalue weighted by molar-refractivity contribution is 5.88. The second-order valence-corrected chi connectivity index (χ2v) is 12.5. The summed E-state index contributed by atoms with van der Waals surface area (Å²) < 4.78 is 12.7. The van der Waals surface area contributed by atoms with Gasteiger partial charge in [0.2, 0.25) is 0 Å². The van der Waals surface area contributed by atoms with E-state index in [1.165, 1.54) is 22.3 Å². The molecule has 0 saturated carbocycles. The van der Waals surface area contributed by atoms with Crippen molar-refractivity contribution < 1.29 is 9.47 Å². The molecule has 0 fully saturated rings. The molecular formula is C45H28N2O2. The number of ether oxygens (including phenoxy) is 2. The molecule has 2 aliphatic rings. The van der Waals surface area contributed by atoms with Crippen molar-refractivity contribution in [2.75, 3.05) is 0 Å². The fourth-order valence-electron chi connectivity index (χ4n) is 7.66. The SMILES string of the molecule is c1ccc(-c2nc3ccccc3nc2-c2ccc(C3(c4ccc5c(c4)Oc4ccccc4O5)c4ccccc4-c4ccccc43)cc2)cc1. The van der Waals surface area contributed by atoms with Gasteiger partial charge >= 0.3 is 0 Å². The van der Waals surface area contributed by atoms with E-state index < -0.39 is 5.41 Å². The first-order valence-electron chi connectivity index (χ1n) is 16.5. The number of para-hydroxylation sites is 4. The zero-order valence-electron chi connectivity index (χ0n) is 26.4. The van der Waals surface area contributed by atoms with E-state index in [-0.39, 0.29) is 0 Å². The van der Waals surface area contributed by atoms with Crippen LogP contribution < -0.4 is 9.47 Å². The number of aromatic nitrogens is 2. The predicted octanol–water partition coefficient (Wildman–Crippen LogP) is 11.2. The van der Waals surface area contributed by atoms with Gasteiger partial charge in [-0.1, -0.05) is 133 Å². The topological polar surface area (TPSA) is 44.2 Å². The minimum atomic E-state index is -0.599. The zero-order valence-corrected chi connectivity index (χ0v) is 26.4. The normalized spacial score (nSPS) is 13.4. The van der Waals surface area contributed by atoms with Crippen molar-refractivity contribution in [3.05, 3.63) is 192 Å². The fraction of sp³-hybridized carbons (Fsp3) is 0.0222. The number of fused-ring (bicyclic) bond motifs is 6. The fourth-order valence-corrected chi connectivity index (χ4v) is 7.66. The lowest BCUT2D eigenvalue weighted by Gasteiger charge is -2.34. The quantitative estimate of drug-likeness (QED) is 0.195. The van der Waals surface area contributed by atoms with Gasteiger partial charge in [0.1, 0.15) is 0 Å². The first-order valence-corrected chi connectivity index (χ1v) is 16.5. The molecule has 0 radical (unpaired) electrons. The number of hydrogen-bond donors (Lipinski definition) is 0. The van der Waals surface area contributed by atoms with Crippen LogP contribution in [-0.2, 0) is 5.41 Å². The summed E-state index contributed by atoms with van der Waals surface area (Å²) in [6.45, 7) is 0. The van der Waals surface area contributed by atoms with E-state index in [4.69, 9.17) is 19.4 Å². The minimum absolute atomic E-state index is 0.599. The Morgan fingerprint density at radius 2 is 0.837 bits per heavy atom. The average Bonchev–Trinajstić information content (AvgIpc) is 3.48. The Morgan fingerprint density at radius 1 is 0.367 bits per heavy atom. The van der Waals surface area contributed by atoms with Crippen molar-refractivity contribution in [2.45, 2.75) is 5.41 Å². The number of nitrogens with zero attached hydrogens (tertiary/aromatic N) is 2. The molecule has 1 aromatic heterocycles. The Kier molecular flexibility index (Phi) is 6.06. The van der Waals surface area contributed by atoms with Gasteiger partial charge in [-0.25, -0.2) is 9.97 Å². The Balaban J connectivity index is 1.18. The molecule has 1 aliphatic carbocycles. The third-order valence-electron chi connectivity index (χ3n) is 9.83. The smallest absolute Gasteiger partial charge is 0.170 e. The Morgan fingerprint density at radius 3 is 1.47 bits per heavy atom. The van der Waals surface area contributed by atoms with Crippen LogP contribution in [0.3, 0.4) is 0 Å². The summed E-state index contributed by atoms with van der Waals surface area (Å²) in [5.41, 5.74) is 12.1. The van der Waals surface area contributed by atoms with Gasteiger partial charge in [0.15, 0.2) is 23.0 Å². The van der Waals surface area contributed by atoms with Crippen molar-refractivity contribution in [1.82, 2.24) is 9.97 Å². The largest absolute Gasteiger partial charge is 0.450 e. The molecule has 1 aliphatic heterocycles. The van der Waals surface area contributed by atoms with Crippen LogP contribution >= 0.6 is 0 Å². The molecule has 0 spiro atoms. The molecule has 8 aromatic rings. The monoisotopic (exact) mass is 628 g/mol.